The number of carbonyl (C=O) groups is 2. The molecule has 160 valence electrons. The van der Waals surface area contributed by atoms with Gasteiger partial charge in [-0.1, -0.05) is 31.8 Å². The van der Waals surface area contributed by atoms with Gasteiger partial charge >= 0.3 is 12.1 Å². The van der Waals surface area contributed by atoms with E-state index in [0.29, 0.717) is 18.9 Å². The summed E-state index contributed by atoms with van der Waals surface area (Å²) < 4.78 is 10.7. The van der Waals surface area contributed by atoms with Crippen molar-refractivity contribution in [1.82, 2.24) is 5.32 Å². The fraction of sp³-hybridized carbons (Fsp3) is 0.857. The molecule has 1 aliphatic heterocycles. The first-order chi connectivity index (χ1) is 13.2. The number of esters is 1. The summed E-state index contributed by atoms with van der Waals surface area (Å²) in [4.78, 5) is 30.6. The van der Waals surface area contributed by atoms with Crippen molar-refractivity contribution < 1.29 is 23.9 Å². The third-order valence-electron chi connectivity index (χ3n) is 5.30. The van der Waals surface area contributed by atoms with E-state index in [-0.39, 0.29) is 24.0 Å². The third kappa shape index (κ3) is 5.39. The van der Waals surface area contributed by atoms with E-state index >= 15 is 0 Å². The maximum Gasteiger partial charge on any atom is 0.407 e. The van der Waals surface area contributed by atoms with Crippen LogP contribution >= 0.6 is 0 Å². The summed E-state index contributed by atoms with van der Waals surface area (Å²) in [5.74, 6) is -0.543. The second kappa shape index (κ2) is 9.61. The molecule has 0 aromatic carbocycles. The summed E-state index contributed by atoms with van der Waals surface area (Å²) >= 11 is 0. The van der Waals surface area contributed by atoms with Gasteiger partial charge < -0.3 is 19.6 Å². The lowest BCUT2D eigenvalue weighted by molar-refractivity contribution is -0.152. The van der Waals surface area contributed by atoms with Gasteiger partial charge in [0.05, 0.1) is 24.2 Å². The molecule has 0 saturated heterocycles. The Morgan fingerprint density at radius 3 is 2.39 bits per heavy atom. The third-order valence-corrected chi connectivity index (χ3v) is 5.30. The number of fused-ring (bicyclic) bond motifs is 1. The zero-order valence-corrected chi connectivity index (χ0v) is 18.1. The van der Waals surface area contributed by atoms with E-state index in [1.165, 1.54) is 0 Å². The molecule has 28 heavy (non-hydrogen) atoms. The van der Waals surface area contributed by atoms with Crippen molar-refractivity contribution in [3.8, 4) is 0 Å². The molecule has 7 nitrogen and oxygen atoms in total. The van der Waals surface area contributed by atoms with Crippen LogP contribution in [-0.2, 0) is 19.1 Å². The molecule has 2 aliphatic rings. The van der Waals surface area contributed by atoms with Crippen molar-refractivity contribution in [2.75, 3.05) is 6.61 Å². The molecule has 2 rings (SSSR count). The first-order valence-electron chi connectivity index (χ1n) is 10.6. The summed E-state index contributed by atoms with van der Waals surface area (Å²) in [5.41, 5.74) is 0.389. The number of amides is 1. The smallest absolute Gasteiger partial charge is 0.407 e. The van der Waals surface area contributed by atoms with E-state index in [2.05, 4.69) is 24.3 Å². The predicted octanol–water partition coefficient (Wildman–Crippen LogP) is 4.05. The maximum absolute atomic E-state index is 12.5. The van der Waals surface area contributed by atoms with Gasteiger partial charge in [-0.25, -0.2) is 4.79 Å². The number of oxime groups is 1. The molecule has 1 aliphatic carbocycles. The second-order valence-corrected chi connectivity index (χ2v) is 8.73. The summed E-state index contributed by atoms with van der Waals surface area (Å²) in [5, 5.41) is 7.37. The van der Waals surface area contributed by atoms with Crippen molar-refractivity contribution in [3.63, 3.8) is 0 Å². The number of alkyl carbamates (subject to hydrolysis) is 1. The van der Waals surface area contributed by atoms with Crippen molar-refractivity contribution in [2.24, 2.45) is 22.9 Å². The largest absolute Gasteiger partial charge is 0.466 e. The van der Waals surface area contributed by atoms with Gasteiger partial charge in [-0.2, -0.15) is 0 Å². The highest BCUT2D eigenvalue weighted by Gasteiger charge is 2.55. The van der Waals surface area contributed by atoms with Crippen LogP contribution in [0.1, 0.15) is 73.6 Å². The Bertz CT molecular complexity index is 578. The molecule has 0 bridgehead atoms. The van der Waals surface area contributed by atoms with E-state index in [0.717, 1.165) is 31.4 Å². The normalized spacial score (nSPS) is 26.5. The van der Waals surface area contributed by atoms with Gasteiger partial charge in [-0.05, 0) is 47.0 Å². The van der Waals surface area contributed by atoms with Crippen molar-refractivity contribution >= 4 is 17.8 Å². The molecule has 0 aromatic heterocycles. The summed E-state index contributed by atoms with van der Waals surface area (Å²) in [6, 6.07) is -0.258. The van der Waals surface area contributed by atoms with Crippen LogP contribution in [0.2, 0.25) is 0 Å². The number of ether oxygens (including phenoxy) is 2. The minimum absolute atomic E-state index is 0.120. The monoisotopic (exact) mass is 396 g/mol. The minimum Gasteiger partial charge on any atom is -0.466 e. The van der Waals surface area contributed by atoms with Crippen LogP contribution in [0.3, 0.4) is 0 Å². The predicted molar refractivity (Wildman–Crippen MR) is 107 cm³/mol. The Hall–Kier alpha value is -1.79. The molecule has 4 atom stereocenters. The lowest BCUT2D eigenvalue weighted by Crippen LogP contribution is -2.45. The molecule has 1 N–H and O–H groups in total. The molecule has 0 spiro atoms. The van der Waals surface area contributed by atoms with Crippen LogP contribution in [-0.4, -0.2) is 42.1 Å². The Labute approximate surface area is 168 Å². The Balaban J connectivity index is 2.22. The van der Waals surface area contributed by atoms with Crippen molar-refractivity contribution in [2.45, 2.75) is 91.4 Å². The highest BCUT2D eigenvalue weighted by atomic mass is 16.6. The minimum atomic E-state index is -0.585. The zero-order valence-electron chi connectivity index (χ0n) is 18.1. The van der Waals surface area contributed by atoms with Gasteiger partial charge in [0.25, 0.3) is 0 Å². The highest BCUT2D eigenvalue weighted by Crippen LogP contribution is 2.42. The van der Waals surface area contributed by atoms with Crippen LogP contribution in [0.15, 0.2) is 5.16 Å². The van der Waals surface area contributed by atoms with Gasteiger partial charge in [0.2, 0.25) is 0 Å². The summed E-state index contributed by atoms with van der Waals surface area (Å²) in [7, 11) is 0. The van der Waals surface area contributed by atoms with Gasteiger partial charge in [0.1, 0.15) is 5.60 Å². The van der Waals surface area contributed by atoms with E-state index in [4.69, 9.17) is 14.3 Å². The Morgan fingerprint density at radius 2 is 1.86 bits per heavy atom. The number of nitrogens with zero attached hydrogens (tertiary/aromatic N) is 1. The van der Waals surface area contributed by atoms with Crippen LogP contribution < -0.4 is 5.32 Å². The van der Waals surface area contributed by atoms with Crippen LogP contribution in [0.5, 0.6) is 0 Å². The molecule has 0 radical (unpaired) electrons. The molecule has 7 heteroatoms. The van der Waals surface area contributed by atoms with Crippen molar-refractivity contribution in [3.05, 3.63) is 0 Å². The quantitative estimate of drug-likeness (QED) is 0.626. The number of nitrogens with one attached hydrogen (secondary N) is 1. The molecule has 2 unspecified atom stereocenters. The average molecular weight is 397 g/mol. The van der Waals surface area contributed by atoms with Gasteiger partial charge in [-0.15, -0.1) is 0 Å². The molecule has 1 heterocycles. The highest BCUT2D eigenvalue weighted by molar-refractivity contribution is 5.93. The van der Waals surface area contributed by atoms with Crippen LogP contribution in [0.4, 0.5) is 4.79 Å². The fourth-order valence-corrected chi connectivity index (χ4v) is 4.30. The first-order valence-corrected chi connectivity index (χ1v) is 10.6. The first kappa shape index (κ1) is 22.5. The Kier molecular flexibility index (Phi) is 7.72. The standard InChI is InChI=1S/C21H36N2O5/c1-7-10-13(11-8-2)17-16-15(22-20(25)27-21(4,5)6)12-14(18(16)28-23-17)19(24)26-9-3/h13-16,18H,7-12H2,1-6H3,(H,22,25)/t14-,15+,16?,18?/m0/s1. The Morgan fingerprint density at radius 1 is 1.21 bits per heavy atom. The number of hydrogen-bond acceptors (Lipinski definition) is 6. The summed E-state index contributed by atoms with van der Waals surface area (Å²) in [6.45, 7) is 11.9. The average Bonchev–Trinajstić information content (AvgIpc) is 3.14. The van der Waals surface area contributed by atoms with Gasteiger partial charge in [0.15, 0.2) is 6.10 Å². The SMILES string of the molecule is CCCC(CCC)C1=NOC2C1[C@H](NC(=O)OC(C)(C)C)C[C@@H]2C(=O)OCC. The molecule has 1 fully saturated rings. The van der Waals surface area contributed by atoms with Gasteiger partial charge in [0, 0.05) is 12.0 Å². The second-order valence-electron chi connectivity index (χ2n) is 8.73. The lowest BCUT2D eigenvalue weighted by atomic mass is 9.82. The number of rotatable bonds is 8. The molecular formula is C21H36N2O5. The summed E-state index contributed by atoms with van der Waals surface area (Å²) in [6.07, 6.45) is 3.74. The van der Waals surface area contributed by atoms with E-state index in [9.17, 15) is 9.59 Å². The molecule has 0 aromatic rings. The maximum atomic E-state index is 12.5. The fourth-order valence-electron chi connectivity index (χ4n) is 4.30. The van der Waals surface area contributed by atoms with Gasteiger partial charge in [-0.3, -0.25) is 4.79 Å². The molecular weight excluding hydrogens is 360 g/mol. The van der Waals surface area contributed by atoms with Crippen LogP contribution in [0.25, 0.3) is 0 Å². The molecule has 1 saturated carbocycles. The topological polar surface area (TPSA) is 86.2 Å². The van der Waals surface area contributed by atoms with Crippen LogP contribution in [0, 0.1) is 17.8 Å². The molecule has 1 amide bonds. The zero-order chi connectivity index (χ0) is 20.9. The van der Waals surface area contributed by atoms with E-state index in [1.54, 1.807) is 6.92 Å². The number of carbonyl (C=O) groups excluding carboxylic acids is 2. The number of hydrogen-bond donors (Lipinski definition) is 1. The van der Waals surface area contributed by atoms with E-state index < -0.39 is 17.6 Å². The van der Waals surface area contributed by atoms with E-state index in [1.807, 2.05) is 20.8 Å². The van der Waals surface area contributed by atoms with Crippen molar-refractivity contribution in [1.29, 1.82) is 0 Å². The lowest BCUT2D eigenvalue weighted by Gasteiger charge is -2.26.